The molecule has 3 rings (SSSR count). The van der Waals surface area contributed by atoms with Crippen LogP contribution in [0.4, 0.5) is 0 Å². The summed E-state index contributed by atoms with van der Waals surface area (Å²) in [5.41, 5.74) is 1.52. The summed E-state index contributed by atoms with van der Waals surface area (Å²) in [7, 11) is 2.13. The summed E-state index contributed by atoms with van der Waals surface area (Å²) in [4.78, 5) is 0. The Labute approximate surface area is 128 Å². The molecule has 1 heteroatoms. The third-order valence-corrected chi connectivity index (χ3v) is 5.40. The minimum Gasteiger partial charge on any atom is -0.317 e. The lowest BCUT2D eigenvalue weighted by Crippen LogP contribution is -2.39. The lowest BCUT2D eigenvalue weighted by atomic mass is 9.74. The first kappa shape index (κ1) is 14.6. The predicted molar refractivity (Wildman–Crippen MR) is 91.6 cm³/mol. The second-order valence-electron chi connectivity index (χ2n) is 6.58. The van der Waals surface area contributed by atoms with Gasteiger partial charge >= 0.3 is 0 Å². The zero-order valence-electron chi connectivity index (χ0n) is 13.3. The van der Waals surface area contributed by atoms with Crippen molar-refractivity contribution in [3.63, 3.8) is 0 Å². The Hall–Kier alpha value is -1.34. The Morgan fingerprint density at radius 2 is 1.86 bits per heavy atom. The van der Waals surface area contributed by atoms with E-state index in [1.807, 2.05) is 0 Å². The minimum absolute atomic E-state index is 0.687. The molecule has 1 aliphatic carbocycles. The topological polar surface area (TPSA) is 12.0 Å². The first-order valence-corrected chi connectivity index (χ1v) is 8.45. The van der Waals surface area contributed by atoms with E-state index in [1.165, 1.54) is 48.4 Å². The van der Waals surface area contributed by atoms with Crippen LogP contribution in [-0.2, 0) is 6.42 Å². The van der Waals surface area contributed by atoms with Crippen molar-refractivity contribution in [3.8, 4) is 0 Å². The lowest BCUT2D eigenvalue weighted by molar-refractivity contribution is 0.205. The zero-order valence-corrected chi connectivity index (χ0v) is 13.3. The van der Waals surface area contributed by atoms with Crippen LogP contribution in [0.5, 0.6) is 0 Å². The van der Waals surface area contributed by atoms with E-state index in [-0.39, 0.29) is 0 Å². The summed E-state index contributed by atoms with van der Waals surface area (Å²) < 4.78 is 0. The second kappa shape index (κ2) is 6.62. The fraction of sp³-hybridized carbons (Fsp3) is 0.500. The van der Waals surface area contributed by atoms with Crippen molar-refractivity contribution in [2.45, 2.75) is 45.1 Å². The van der Waals surface area contributed by atoms with Crippen LogP contribution in [-0.4, -0.2) is 13.1 Å². The second-order valence-corrected chi connectivity index (χ2v) is 6.58. The van der Waals surface area contributed by atoms with Gasteiger partial charge < -0.3 is 5.32 Å². The van der Waals surface area contributed by atoms with Crippen LogP contribution in [0.1, 0.15) is 38.2 Å². The molecule has 0 amide bonds. The Kier molecular flexibility index (Phi) is 4.60. The third-order valence-electron chi connectivity index (χ3n) is 5.40. The summed E-state index contributed by atoms with van der Waals surface area (Å²) in [5, 5.41) is 6.38. The van der Waals surface area contributed by atoms with Crippen molar-refractivity contribution in [2.75, 3.05) is 7.05 Å². The summed E-state index contributed by atoms with van der Waals surface area (Å²) in [6.07, 6.45) is 6.66. The van der Waals surface area contributed by atoms with Crippen LogP contribution in [0.15, 0.2) is 42.5 Å². The van der Waals surface area contributed by atoms with Gasteiger partial charge in [0.25, 0.3) is 0 Å². The normalized spacial score (nSPS) is 26.1. The van der Waals surface area contributed by atoms with E-state index < -0.39 is 0 Å². The maximum absolute atomic E-state index is 3.57. The summed E-state index contributed by atoms with van der Waals surface area (Å²) >= 11 is 0. The third kappa shape index (κ3) is 3.13. The highest BCUT2D eigenvalue weighted by atomic mass is 14.9. The molecule has 1 N–H and O–H groups in total. The fourth-order valence-electron chi connectivity index (χ4n) is 4.09. The molecule has 112 valence electrons. The number of benzene rings is 2. The number of hydrogen-bond donors (Lipinski definition) is 1. The quantitative estimate of drug-likeness (QED) is 0.849. The van der Waals surface area contributed by atoms with Crippen LogP contribution < -0.4 is 5.32 Å². The largest absolute Gasteiger partial charge is 0.317 e. The number of rotatable bonds is 4. The average Bonchev–Trinajstić information content (AvgIpc) is 2.55. The van der Waals surface area contributed by atoms with E-state index in [4.69, 9.17) is 0 Å². The molecular formula is C20H27N. The van der Waals surface area contributed by atoms with E-state index in [0.717, 1.165) is 11.8 Å². The first-order chi connectivity index (χ1) is 10.3. The van der Waals surface area contributed by atoms with Gasteiger partial charge in [-0.05, 0) is 60.9 Å². The van der Waals surface area contributed by atoms with Gasteiger partial charge in [0, 0.05) is 6.04 Å². The molecule has 1 nitrogen and oxygen atoms in total. The number of hydrogen-bond acceptors (Lipinski definition) is 1. The van der Waals surface area contributed by atoms with Crippen molar-refractivity contribution in [3.05, 3.63) is 48.0 Å². The molecular weight excluding hydrogens is 254 g/mol. The standard InChI is InChI=1S/C20H27N/c1-3-15-11-12-20(21-2)18(13-15)14-17-9-6-8-16-7-4-5-10-19(16)17/h4-10,15,18,20-21H,3,11-14H2,1-2H3. The van der Waals surface area contributed by atoms with Gasteiger partial charge in [-0.15, -0.1) is 0 Å². The smallest absolute Gasteiger partial charge is 0.00957 e. The van der Waals surface area contributed by atoms with Gasteiger partial charge in [0.15, 0.2) is 0 Å². The van der Waals surface area contributed by atoms with Gasteiger partial charge in [0.1, 0.15) is 0 Å². The maximum Gasteiger partial charge on any atom is 0.00957 e. The van der Waals surface area contributed by atoms with Crippen molar-refractivity contribution < 1.29 is 0 Å². The Bertz CT molecular complexity index is 584. The van der Waals surface area contributed by atoms with E-state index in [9.17, 15) is 0 Å². The number of fused-ring (bicyclic) bond motifs is 1. The van der Waals surface area contributed by atoms with Gasteiger partial charge in [-0.3, -0.25) is 0 Å². The van der Waals surface area contributed by atoms with Crippen LogP contribution in [0.2, 0.25) is 0 Å². The van der Waals surface area contributed by atoms with Gasteiger partial charge in [-0.25, -0.2) is 0 Å². The van der Waals surface area contributed by atoms with Crippen LogP contribution >= 0.6 is 0 Å². The first-order valence-electron chi connectivity index (χ1n) is 8.45. The molecule has 0 aromatic heterocycles. The highest BCUT2D eigenvalue weighted by Gasteiger charge is 2.29. The van der Waals surface area contributed by atoms with Gasteiger partial charge in [-0.1, -0.05) is 55.8 Å². The van der Waals surface area contributed by atoms with Crippen LogP contribution in [0.25, 0.3) is 10.8 Å². The van der Waals surface area contributed by atoms with Crippen molar-refractivity contribution in [2.24, 2.45) is 11.8 Å². The molecule has 0 spiro atoms. The maximum atomic E-state index is 3.57. The average molecular weight is 281 g/mol. The molecule has 0 aliphatic heterocycles. The van der Waals surface area contributed by atoms with Crippen molar-refractivity contribution >= 4 is 10.8 Å². The Morgan fingerprint density at radius 3 is 2.67 bits per heavy atom. The molecule has 21 heavy (non-hydrogen) atoms. The summed E-state index contributed by atoms with van der Waals surface area (Å²) in [5.74, 6) is 1.70. The van der Waals surface area contributed by atoms with Gasteiger partial charge in [0.2, 0.25) is 0 Å². The van der Waals surface area contributed by atoms with E-state index >= 15 is 0 Å². The van der Waals surface area contributed by atoms with Crippen molar-refractivity contribution in [1.29, 1.82) is 0 Å². The zero-order chi connectivity index (χ0) is 14.7. The molecule has 1 fully saturated rings. The SMILES string of the molecule is CCC1CCC(NC)C(Cc2cccc3ccccc23)C1. The molecule has 1 saturated carbocycles. The predicted octanol–water partition coefficient (Wildman–Crippen LogP) is 4.80. The molecule has 0 heterocycles. The van der Waals surface area contributed by atoms with Gasteiger partial charge in [0.05, 0.1) is 0 Å². The summed E-state index contributed by atoms with van der Waals surface area (Å²) in [6, 6.07) is 16.3. The molecule has 2 aromatic carbocycles. The highest BCUT2D eigenvalue weighted by Crippen LogP contribution is 2.34. The van der Waals surface area contributed by atoms with E-state index in [0.29, 0.717) is 6.04 Å². The molecule has 3 unspecified atom stereocenters. The van der Waals surface area contributed by atoms with E-state index in [2.05, 4.69) is 61.8 Å². The summed E-state index contributed by atoms with van der Waals surface area (Å²) in [6.45, 7) is 2.35. The monoisotopic (exact) mass is 281 g/mol. The molecule has 2 aromatic rings. The minimum atomic E-state index is 0.687. The molecule has 0 radical (unpaired) electrons. The van der Waals surface area contributed by atoms with Crippen LogP contribution in [0.3, 0.4) is 0 Å². The molecule has 1 aliphatic rings. The Morgan fingerprint density at radius 1 is 1.05 bits per heavy atom. The molecule has 0 bridgehead atoms. The molecule has 3 atom stereocenters. The van der Waals surface area contributed by atoms with Gasteiger partial charge in [-0.2, -0.15) is 0 Å². The van der Waals surface area contributed by atoms with Crippen LogP contribution in [0, 0.1) is 11.8 Å². The Balaban J connectivity index is 1.85. The number of nitrogens with one attached hydrogen (secondary N) is 1. The lowest BCUT2D eigenvalue weighted by Gasteiger charge is -2.36. The van der Waals surface area contributed by atoms with E-state index in [1.54, 1.807) is 0 Å². The van der Waals surface area contributed by atoms with Crippen molar-refractivity contribution in [1.82, 2.24) is 5.32 Å². The molecule has 0 saturated heterocycles. The highest BCUT2D eigenvalue weighted by molar-refractivity contribution is 5.85. The fourth-order valence-corrected chi connectivity index (χ4v) is 4.09.